The molecule has 0 atom stereocenters. The first-order valence-corrected chi connectivity index (χ1v) is 18.6. The van der Waals surface area contributed by atoms with Crippen LogP contribution < -0.4 is 4.90 Å². The maximum atomic E-state index is 6.42. The lowest BCUT2D eigenvalue weighted by molar-refractivity contribution is 0.668. The molecule has 0 spiro atoms. The summed E-state index contributed by atoms with van der Waals surface area (Å²) in [4.78, 5) is 2.40. The fourth-order valence-corrected chi connectivity index (χ4v) is 9.64. The molecule has 8 aromatic carbocycles. The average Bonchev–Trinajstić information content (AvgIpc) is 3.98. The number of hydrogen-bond donors (Lipinski definition) is 0. The quantitative estimate of drug-likeness (QED) is 0.184. The van der Waals surface area contributed by atoms with Gasteiger partial charge in [0, 0.05) is 48.1 Å². The van der Waals surface area contributed by atoms with Crippen molar-refractivity contribution in [3.05, 3.63) is 164 Å². The number of hydrogen-bond acceptors (Lipinski definition) is 5. The molecule has 248 valence electrons. The van der Waals surface area contributed by atoms with E-state index in [1.165, 1.54) is 25.6 Å². The SMILES string of the molecule is c1ccc2c(c1)oc1cc(-c3ccc(N(c4cccc5c4sc4c5ccc5oc6ccccc6c54)c4cccc5oc6ccccc6c45)cc3)ccc12. The van der Waals surface area contributed by atoms with Crippen molar-refractivity contribution in [2.45, 2.75) is 0 Å². The monoisotopic (exact) mass is 697 g/mol. The van der Waals surface area contributed by atoms with Crippen LogP contribution in [0.15, 0.2) is 177 Å². The first kappa shape index (κ1) is 28.8. The molecule has 0 amide bonds. The molecule has 0 aliphatic rings. The predicted molar refractivity (Wildman–Crippen MR) is 221 cm³/mol. The fourth-order valence-electron chi connectivity index (χ4n) is 8.28. The topological polar surface area (TPSA) is 42.7 Å². The van der Waals surface area contributed by atoms with Crippen LogP contribution in [0, 0.1) is 0 Å². The van der Waals surface area contributed by atoms with Gasteiger partial charge in [0.15, 0.2) is 0 Å². The summed E-state index contributed by atoms with van der Waals surface area (Å²) in [5, 5.41) is 9.21. The van der Waals surface area contributed by atoms with Gasteiger partial charge in [-0.25, -0.2) is 0 Å². The maximum Gasteiger partial charge on any atom is 0.137 e. The Morgan fingerprint density at radius 2 is 0.868 bits per heavy atom. The molecule has 53 heavy (non-hydrogen) atoms. The van der Waals surface area contributed by atoms with Gasteiger partial charge in [0.25, 0.3) is 0 Å². The summed E-state index contributed by atoms with van der Waals surface area (Å²) in [6.45, 7) is 0. The standard InChI is InChI=1S/C48H27NO3S/c1-4-15-39-31(9-1)32-24-21-29(27-44(32)52-39)28-19-22-30(23-20-28)49(37-13-8-18-42-45(37)35-10-2-5-16-40(35)50-42)38-14-7-12-33-34-25-26-43-46(48(34)53-47(33)38)36-11-3-6-17-41(36)51-43/h1-27H. The number of fused-ring (bicyclic) bond motifs is 13. The molecule has 0 N–H and O–H groups in total. The fraction of sp³-hybridized carbons (Fsp3) is 0. The normalized spacial score (nSPS) is 12.2. The van der Waals surface area contributed by atoms with Gasteiger partial charge >= 0.3 is 0 Å². The Hall–Kier alpha value is -6.82. The Morgan fingerprint density at radius 3 is 1.66 bits per heavy atom. The summed E-state index contributed by atoms with van der Waals surface area (Å²) in [5.41, 5.74) is 10.8. The molecule has 12 aromatic rings. The van der Waals surface area contributed by atoms with Crippen LogP contribution in [0.2, 0.25) is 0 Å². The summed E-state index contributed by atoms with van der Waals surface area (Å²) < 4.78 is 21.4. The van der Waals surface area contributed by atoms with Gasteiger partial charge in [0.1, 0.15) is 33.5 Å². The Morgan fingerprint density at radius 1 is 0.340 bits per heavy atom. The number of anilines is 3. The van der Waals surface area contributed by atoms with Crippen LogP contribution in [0.4, 0.5) is 17.1 Å². The summed E-state index contributed by atoms with van der Waals surface area (Å²) in [6.07, 6.45) is 0. The average molecular weight is 698 g/mol. The van der Waals surface area contributed by atoms with Crippen molar-refractivity contribution in [2.24, 2.45) is 0 Å². The molecule has 0 saturated heterocycles. The molecular weight excluding hydrogens is 671 g/mol. The number of furan rings is 3. The van der Waals surface area contributed by atoms with Gasteiger partial charge in [-0.1, -0.05) is 91.0 Å². The summed E-state index contributed by atoms with van der Waals surface area (Å²) in [5.74, 6) is 0. The van der Waals surface area contributed by atoms with Gasteiger partial charge in [-0.15, -0.1) is 11.3 Å². The molecule has 0 saturated carbocycles. The Bertz CT molecular complexity index is 3420. The predicted octanol–water partition coefficient (Wildman–Crippen LogP) is 14.9. The third-order valence-electron chi connectivity index (χ3n) is 10.7. The summed E-state index contributed by atoms with van der Waals surface area (Å²) in [6, 6.07) is 57.6. The molecule has 0 radical (unpaired) electrons. The van der Waals surface area contributed by atoms with Crippen LogP contribution in [0.25, 0.3) is 97.1 Å². The van der Waals surface area contributed by atoms with Crippen LogP contribution in [0.1, 0.15) is 0 Å². The van der Waals surface area contributed by atoms with E-state index in [0.29, 0.717) is 0 Å². The summed E-state index contributed by atoms with van der Waals surface area (Å²) >= 11 is 1.83. The van der Waals surface area contributed by atoms with Crippen molar-refractivity contribution in [1.29, 1.82) is 0 Å². The third-order valence-corrected chi connectivity index (χ3v) is 11.9. The molecule has 4 nitrogen and oxygen atoms in total. The lowest BCUT2D eigenvalue weighted by Gasteiger charge is -2.27. The van der Waals surface area contributed by atoms with E-state index in [2.05, 4.69) is 138 Å². The second-order valence-electron chi connectivity index (χ2n) is 13.6. The maximum absolute atomic E-state index is 6.42. The second-order valence-corrected chi connectivity index (χ2v) is 14.6. The van der Waals surface area contributed by atoms with E-state index in [9.17, 15) is 0 Å². The molecule has 12 rings (SSSR count). The van der Waals surface area contributed by atoms with Crippen LogP contribution in [0.3, 0.4) is 0 Å². The summed E-state index contributed by atoms with van der Waals surface area (Å²) in [7, 11) is 0. The van der Waals surface area contributed by atoms with Gasteiger partial charge in [-0.3, -0.25) is 0 Å². The second kappa shape index (κ2) is 10.8. The molecule has 0 fully saturated rings. The van der Waals surface area contributed by atoms with Gasteiger partial charge in [0.2, 0.25) is 0 Å². The Labute approximate surface area is 306 Å². The highest BCUT2D eigenvalue weighted by Crippen LogP contribution is 2.50. The number of para-hydroxylation sites is 3. The molecular formula is C48H27NO3S. The highest BCUT2D eigenvalue weighted by molar-refractivity contribution is 7.27. The number of rotatable bonds is 4. The zero-order valence-electron chi connectivity index (χ0n) is 28.2. The van der Waals surface area contributed by atoms with E-state index in [0.717, 1.165) is 88.6 Å². The van der Waals surface area contributed by atoms with E-state index >= 15 is 0 Å². The van der Waals surface area contributed by atoms with Crippen LogP contribution in [-0.4, -0.2) is 0 Å². The van der Waals surface area contributed by atoms with Crippen molar-refractivity contribution in [3.63, 3.8) is 0 Å². The minimum absolute atomic E-state index is 0.861. The number of thiophene rings is 1. The smallest absolute Gasteiger partial charge is 0.137 e. The third kappa shape index (κ3) is 4.17. The van der Waals surface area contributed by atoms with Crippen LogP contribution in [0.5, 0.6) is 0 Å². The van der Waals surface area contributed by atoms with Gasteiger partial charge in [-0.05, 0) is 83.9 Å². The first-order valence-electron chi connectivity index (χ1n) is 17.7. The number of nitrogens with zero attached hydrogens (tertiary/aromatic N) is 1. The van der Waals surface area contributed by atoms with Gasteiger partial charge in [0.05, 0.1) is 21.5 Å². The van der Waals surface area contributed by atoms with Crippen molar-refractivity contribution >= 4 is 114 Å². The van der Waals surface area contributed by atoms with Crippen molar-refractivity contribution in [2.75, 3.05) is 4.90 Å². The lowest BCUT2D eigenvalue weighted by Crippen LogP contribution is -2.10. The highest BCUT2D eigenvalue weighted by Gasteiger charge is 2.23. The highest BCUT2D eigenvalue weighted by atomic mass is 32.1. The number of benzene rings is 8. The molecule has 0 aliphatic carbocycles. The van der Waals surface area contributed by atoms with E-state index in [1.807, 2.05) is 41.7 Å². The Balaban J connectivity index is 1.09. The zero-order chi connectivity index (χ0) is 34.6. The van der Waals surface area contributed by atoms with E-state index in [4.69, 9.17) is 13.3 Å². The van der Waals surface area contributed by atoms with Gasteiger partial charge in [-0.2, -0.15) is 0 Å². The van der Waals surface area contributed by atoms with E-state index < -0.39 is 0 Å². The molecule has 0 unspecified atom stereocenters. The largest absolute Gasteiger partial charge is 0.456 e. The molecule has 0 bridgehead atoms. The molecule has 4 heterocycles. The van der Waals surface area contributed by atoms with Crippen molar-refractivity contribution in [3.8, 4) is 11.1 Å². The minimum atomic E-state index is 0.861. The van der Waals surface area contributed by atoms with Crippen LogP contribution >= 0.6 is 11.3 Å². The zero-order valence-corrected chi connectivity index (χ0v) is 29.0. The molecule has 0 aliphatic heterocycles. The molecule has 4 aromatic heterocycles. The first-order chi connectivity index (χ1) is 26.3. The van der Waals surface area contributed by atoms with Crippen molar-refractivity contribution in [1.82, 2.24) is 0 Å². The lowest BCUT2D eigenvalue weighted by atomic mass is 10.0. The van der Waals surface area contributed by atoms with Gasteiger partial charge < -0.3 is 18.2 Å². The Kier molecular flexibility index (Phi) is 5.90. The van der Waals surface area contributed by atoms with E-state index in [-0.39, 0.29) is 0 Å². The molecule has 5 heteroatoms. The van der Waals surface area contributed by atoms with Crippen LogP contribution in [-0.2, 0) is 0 Å². The van der Waals surface area contributed by atoms with E-state index in [1.54, 1.807) is 0 Å². The minimum Gasteiger partial charge on any atom is -0.456 e. The van der Waals surface area contributed by atoms with Crippen molar-refractivity contribution < 1.29 is 13.3 Å².